The molecular formula is C17H30IN5O2S. The predicted molar refractivity (Wildman–Crippen MR) is 116 cm³/mol. The zero-order valence-corrected chi connectivity index (χ0v) is 18.8. The van der Waals surface area contributed by atoms with Gasteiger partial charge >= 0.3 is 0 Å². The maximum Gasteiger partial charge on any atom is 0.238 e. The number of primary sulfonamides is 1. The molecule has 7 nitrogen and oxygen atoms in total. The van der Waals surface area contributed by atoms with Gasteiger partial charge < -0.3 is 15.5 Å². The van der Waals surface area contributed by atoms with Crippen molar-refractivity contribution in [2.24, 2.45) is 10.1 Å². The lowest BCUT2D eigenvalue weighted by Crippen LogP contribution is -2.49. The third-order valence-electron chi connectivity index (χ3n) is 4.54. The van der Waals surface area contributed by atoms with Crippen LogP contribution >= 0.6 is 24.0 Å². The molecule has 0 radical (unpaired) electrons. The lowest BCUT2D eigenvalue weighted by atomic mass is 10.0. The van der Waals surface area contributed by atoms with Gasteiger partial charge in [0, 0.05) is 38.8 Å². The van der Waals surface area contributed by atoms with Crippen LogP contribution in [0.1, 0.15) is 32.3 Å². The SMILES string of the molecule is CN=C(NCc1ccc(S(N)(=O)=O)cc1)NC1CCN(C(C)C)CC1.I. The Labute approximate surface area is 173 Å². The average Bonchev–Trinajstić information content (AvgIpc) is 2.58. The molecule has 148 valence electrons. The Morgan fingerprint density at radius 3 is 2.31 bits per heavy atom. The zero-order chi connectivity index (χ0) is 18.4. The first-order chi connectivity index (χ1) is 11.8. The summed E-state index contributed by atoms with van der Waals surface area (Å²) in [6.07, 6.45) is 2.20. The molecule has 0 aliphatic carbocycles. The molecule has 1 saturated heterocycles. The van der Waals surface area contributed by atoms with E-state index in [4.69, 9.17) is 5.14 Å². The monoisotopic (exact) mass is 495 g/mol. The second kappa shape index (κ2) is 10.4. The van der Waals surface area contributed by atoms with Crippen molar-refractivity contribution >= 4 is 40.0 Å². The van der Waals surface area contributed by atoms with Crippen LogP contribution in [0.5, 0.6) is 0 Å². The van der Waals surface area contributed by atoms with E-state index < -0.39 is 10.0 Å². The van der Waals surface area contributed by atoms with Crippen molar-refractivity contribution in [3.63, 3.8) is 0 Å². The number of hydrogen-bond acceptors (Lipinski definition) is 4. The summed E-state index contributed by atoms with van der Waals surface area (Å²) in [5.74, 6) is 0.763. The van der Waals surface area contributed by atoms with Gasteiger partial charge in [0.25, 0.3) is 0 Å². The summed E-state index contributed by atoms with van der Waals surface area (Å²) >= 11 is 0. The quantitative estimate of drug-likeness (QED) is 0.327. The highest BCUT2D eigenvalue weighted by molar-refractivity contribution is 14.0. The molecule has 1 heterocycles. The molecule has 1 aliphatic rings. The standard InChI is InChI=1S/C17H29N5O2S.HI/c1-13(2)22-10-8-15(9-11-22)21-17(19-3)20-12-14-4-6-16(7-5-14)25(18,23)24;/h4-7,13,15H,8-12H2,1-3H3,(H2,18,23,24)(H2,19,20,21);1H. The van der Waals surface area contributed by atoms with E-state index in [1.807, 2.05) is 0 Å². The summed E-state index contributed by atoms with van der Waals surface area (Å²) < 4.78 is 22.5. The zero-order valence-electron chi connectivity index (χ0n) is 15.6. The average molecular weight is 495 g/mol. The van der Waals surface area contributed by atoms with E-state index >= 15 is 0 Å². The van der Waals surface area contributed by atoms with E-state index in [1.54, 1.807) is 19.2 Å². The molecule has 26 heavy (non-hydrogen) atoms. The first-order valence-corrected chi connectivity index (χ1v) is 10.2. The third kappa shape index (κ3) is 7.01. The highest BCUT2D eigenvalue weighted by atomic mass is 127. The maximum atomic E-state index is 11.3. The number of nitrogens with two attached hydrogens (primary N) is 1. The maximum absolute atomic E-state index is 11.3. The third-order valence-corrected chi connectivity index (χ3v) is 5.47. The Morgan fingerprint density at radius 1 is 1.27 bits per heavy atom. The second-order valence-electron chi connectivity index (χ2n) is 6.66. The predicted octanol–water partition coefficient (Wildman–Crippen LogP) is 1.49. The lowest BCUT2D eigenvalue weighted by Gasteiger charge is -2.35. The minimum absolute atomic E-state index is 0. The Hall–Kier alpha value is -0.910. The summed E-state index contributed by atoms with van der Waals surface area (Å²) in [4.78, 5) is 6.88. The number of nitrogens with one attached hydrogen (secondary N) is 2. The second-order valence-corrected chi connectivity index (χ2v) is 8.22. The number of rotatable bonds is 5. The van der Waals surface area contributed by atoms with Gasteiger partial charge in [-0.15, -0.1) is 24.0 Å². The molecule has 9 heteroatoms. The number of hydrogen-bond donors (Lipinski definition) is 3. The van der Waals surface area contributed by atoms with E-state index in [2.05, 4.69) is 34.4 Å². The van der Waals surface area contributed by atoms with Crippen molar-refractivity contribution in [2.45, 2.75) is 50.2 Å². The van der Waals surface area contributed by atoms with E-state index in [-0.39, 0.29) is 28.9 Å². The van der Waals surface area contributed by atoms with E-state index in [1.165, 1.54) is 12.1 Å². The van der Waals surface area contributed by atoms with Crippen LogP contribution in [0.4, 0.5) is 0 Å². The Balaban J connectivity index is 0.00000338. The van der Waals surface area contributed by atoms with E-state index in [0.29, 0.717) is 18.6 Å². The van der Waals surface area contributed by atoms with Crippen LogP contribution in [0.15, 0.2) is 34.2 Å². The molecule has 1 aromatic carbocycles. The number of piperidine rings is 1. The molecule has 0 unspecified atom stereocenters. The van der Waals surface area contributed by atoms with Crippen LogP contribution in [-0.2, 0) is 16.6 Å². The summed E-state index contributed by atoms with van der Waals surface area (Å²) in [5, 5.41) is 11.8. The van der Waals surface area contributed by atoms with E-state index in [0.717, 1.165) is 37.5 Å². The Kier molecular flexibility index (Phi) is 9.28. The summed E-state index contributed by atoms with van der Waals surface area (Å²) in [6.45, 7) is 7.23. The number of halogens is 1. The lowest BCUT2D eigenvalue weighted by molar-refractivity contribution is 0.167. The van der Waals surface area contributed by atoms with Crippen LogP contribution in [0.25, 0.3) is 0 Å². The minimum Gasteiger partial charge on any atom is -0.354 e. The fourth-order valence-corrected chi connectivity index (χ4v) is 3.45. The molecule has 0 bridgehead atoms. The van der Waals surface area contributed by atoms with Crippen LogP contribution in [0.3, 0.4) is 0 Å². The highest BCUT2D eigenvalue weighted by Crippen LogP contribution is 2.13. The normalized spacial score (nSPS) is 17.0. The number of benzene rings is 1. The molecular weight excluding hydrogens is 465 g/mol. The van der Waals surface area contributed by atoms with Crippen molar-refractivity contribution in [2.75, 3.05) is 20.1 Å². The summed E-state index contributed by atoms with van der Waals surface area (Å²) in [5.41, 5.74) is 0.963. The molecule has 0 atom stereocenters. The number of sulfonamides is 1. The van der Waals surface area contributed by atoms with E-state index in [9.17, 15) is 8.42 Å². The van der Waals surface area contributed by atoms with Gasteiger partial charge in [-0.2, -0.15) is 0 Å². The van der Waals surface area contributed by atoms with Gasteiger partial charge in [-0.1, -0.05) is 12.1 Å². The first kappa shape index (κ1) is 23.1. The van der Waals surface area contributed by atoms with Gasteiger partial charge in [0.15, 0.2) is 5.96 Å². The molecule has 1 aromatic rings. The van der Waals surface area contributed by atoms with Gasteiger partial charge in [-0.05, 0) is 44.4 Å². The van der Waals surface area contributed by atoms with Crippen molar-refractivity contribution in [3.05, 3.63) is 29.8 Å². The fourth-order valence-electron chi connectivity index (χ4n) is 2.93. The molecule has 1 aliphatic heterocycles. The molecule has 0 aromatic heterocycles. The molecule has 4 N–H and O–H groups in total. The van der Waals surface area contributed by atoms with Crippen LogP contribution in [0, 0.1) is 0 Å². The van der Waals surface area contributed by atoms with Crippen molar-refractivity contribution < 1.29 is 8.42 Å². The van der Waals surface area contributed by atoms with Gasteiger partial charge in [-0.25, -0.2) is 13.6 Å². The number of aliphatic imine (C=N–C) groups is 1. The molecule has 2 rings (SSSR count). The van der Waals surface area contributed by atoms with Gasteiger partial charge in [0.2, 0.25) is 10.0 Å². The van der Waals surface area contributed by atoms with Gasteiger partial charge in [0.1, 0.15) is 0 Å². The van der Waals surface area contributed by atoms with Crippen LogP contribution in [0.2, 0.25) is 0 Å². The van der Waals surface area contributed by atoms with Gasteiger partial charge in [-0.3, -0.25) is 4.99 Å². The number of nitrogens with zero attached hydrogens (tertiary/aromatic N) is 2. The summed E-state index contributed by atoms with van der Waals surface area (Å²) in [6, 6.07) is 7.56. The molecule has 1 fully saturated rings. The minimum atomic E-state index is -3.65. The van der Waals surface area contributed by atoms with Crippen molar-refractivity contribution in [3.8, 4) is 0 Å². The molecule has 0 amide bonds. The Bertz CT molecular complexity index is 684. The highest BCUT2D eigenvalue weighted by Gasteiger charge is 2.21. The largest absolute Gasteiger partial charge is 0.354 e. The number of guanidine groups is 1. The van der Waals surface area contributed by atoms with Crippen LogP contribution < -0.4 is 15.8 Å². The number of likely N-dealkylation sites (tertiary alicyclic amines) is 1. The summed E-state index contributed by atoms with van der Waals surface area (Å²) in [7, 11) is -1.89. The fraction of sp³-hybridized carbons (Fsp3) is 0.588. The smallest absolute Gasteiger partial charge is 0.238 e. The van der Waals surface area contributed by atoms with Gasteiger partial charge in [0.05, 0.1) is 4.90 Å². The molecule has 0 saturated carbocycles. The first-order valence-electron chi connectivity index (χ1n) is 8.62. The Morgan fingerprint density at radius 2 is 1.85 bits per heavy atom. The molecule has 0 spiro atoms. The van der Waals surface area contributed by atoms with Crippen LogP contribution in [-0.4, -0.2) is 51.5 Å². The van der Waals surface area contributed by atoms with Crippen molar-refractivity contribution in [1.29, 1.82) is 0 Å². The topological polar surface area (TPSA) is 99.8 Å². The van der Waals surface area contributed by atoms with Crippen molar-refractivity contribution in [1.82, 2.24) is 15.5 Å².